The second-order valence-electron chi connectivity index (χ2n) is 5.80. The molecule has 2 unspecified atom stereocenters. The van der Waals surface area contributed by atoms with Crippen LogP contribution < -0.4 is 5.19 Å². The summed E-state index contributed by atoms with van der Waals surface area (Å²) in [5.74, 6) is 0.757. The maximum atomic E-state index is 13.8. The quantitative estimate of drug-likeness (QED) is 0.600. The van der Waals surface area contributed by atoms with E-state index in [-0.39, 0.29) is 5.82 Å². The van der Waals surface area contributed by atoms with Crippen LogP contribution in [0, 0.1) is 11.7 Å². The molecule has 1 aromatic carbocycles. The lowest BCUT2D eigenvalue weighted by Crippen LogP contribution is -2.55. The smallest absolute Gasteiger partial charge is 0.130 e. The Kier molecular flexibility index (Phi) is 1.97. The number of benzene rings is 1. The summed E-state index contributed by atoms with van der Waals surface area (Å²) in [6, 6.07) is 5.59. The number of rotatable bonds is 0. The molecule has 0 spiro atoms. The fraction of sp³-hybridized carbons (Fsp3) is 0.429. The first kappa shape index (κ1) is 10.3. The molecule has 1 aliphatic carbocycles. The van der Waals surface area contributed by atoms with Gasteiger partial charge in [0.1, 0.15) is 5.82 Å². The van der Waals surface area contributed by atoms with Gasteiger partial charge in [-0.25, -0.2) is 4.39 Å². The molecule has 0 amide bonds. The molecule has 1 aliphatic heterocycles. The lowest BCUT2D eigenvalue weighted by molar-refractivity contribution is 0.451. The van der Waals surface area contributed by atoms with Crippen molar-refractivity contribution in [1.29, 1.82) is 0 Å². The minimum Gasteiger partial charge on any atom is -0.206 e. The van der Waals surface area contributed by atoms with Gasteiger partial charge in [0.2, 0.25) is 0 Å². The van der Waals surface area contributed by atoms with Crippen molar-refractivity contribution in [1.82, 2.24) is 0 Å². The van der Waals surface area contributed by atoms with Gasteiger partial charge in [-0.15, -0.1) is 0 Å². The minimum atomic E-state index is -1.49. The van der Waals surface area contributed by atoms with Crippen LogP contribution >= 0.6 is 0 Å². The Morgan fingerprint density at radius 3 is 2.75 bits per heavy atom. The van der Waals surface area contributed by atoms with E-state index in [1.165, 1.54) is 17.2 Å². The van der Waals surface area contributed by atoms with Crippen LogP contribution in [-0.4, -0.2) is 8.07 Å². The van der Waals surface area contributed by atoms with E-state index in [0.717, 1.165) is 17.0 Å². The van der Waals surface area contributed by atoms with E-state index < -0.39 is 8.07 Å². The summed E-state index contributed by atoms with van der Waals surface area (Å²) in [7, 11) is -1.49. The largest absolute Gasteiger partial charge is 0.206 e. The number of allylic oxidation sites excluding steroid dienone is 1. The van der Waals surface area contributed by atoms with Crippen LogP contribution in [0.3, 0.4) is 0 Å². The normalized spacial score (nSPS) is 29.9. The van der Waals surface area contributed by atoms with Crippen LogP contribution in [0.2, 0.25) is 18.6 Å². The molecule has 16 heavy (non-hydrogen) atoms. The van der Waals surface area contributed by atoms with E-state index >= 15 is 0 Å². The highest BCUT2D eigenvalue weighted by atomic mass is 28.3. The number of hydrogen-bond acceptors (Lipinski definition) is 0. The zero-order chi connectivity index (χ0) is 11.5. The third-order valence-corrected chi connectivity index (χ3v) is 8.70. The zero-order valence-electron chi connectivity index (χ0n) is 10.0. The Morgan fingerprint density at radius 2 is 2.06 bits per heavy atom. The first-order valence-corrected chi connectivity index (χ1v) is 9.09. The molecular weight excluding hydrogens is 215 g/mol. The van der Waals surface area contributed by atoms with Gasteiger partial charge in [0.15, 0.2) is 0 Å². The van der Waals surface area contributed by atoms with Crippen LogP contribution in [0.4, 0.5) is 4.39 Å². The van der Waals surface area contributed by atoms with E-state index in [9.17, 15) is 4.39 Å². The Labute approximate surface area is 97.2 Å². The summed E-state index contributed by atoms with van der Waals surface area (Å²) >= 11 is 0. The Bertz CT molecular complexity index is 488. The maximum absolute atomic E-state index is 13.8. The standard InChI is InChI=1S/C14H17FSi/c1-9-7-10-8-11-12(15)5-4-6-13(11)16(2,3)14(9)10/h4-6,8-9,14H,7H2,1-3H3. The molecule has 1 aromatic rings. The minimum absolute atomic E-state index is 0.0384. The van der Waals surface area contributed by atoms with Crippen molar-refractivity contribution in [2.24, 2.45) is 5.92 Å². The fourth-order valence-corrected chi connectivity index (χ4v) is 8.16. The predicted octanol–water partition coefficient (Wildman–Crippen LogP) is 3.55. The summed E-state index contributed by atoms with van der Waals surface area (Å²) in [5.41, 5.74) is 3.14. The Morgan fingerprint density at radius 1 is 1.31 bits per heavy atom. The highest BCUT2D eigenvalue weighted by Gasteiger charge is 2.48. The number of fused-ring (bicyclic) bond motifs is 2. The van der Waals surface area contributed by atoms with Crippen LogP contribution in [0.5, 0.6) is 0 Å². The second-order valence-corrected chi connectivity index (χ2v) is 10.4. The molecular formula is C14H17FSi. The van der Waals surface area contributed by atoms with Gasteiger partial charge in [-0.1, -0.05) is 43.8 Å². The van der Waals surface area contributed by atoms with Gasteiger partial charge in [0.25, 0.3) is 0 Å². The SMILES string of the molecule is CC1CC2=Cc3c(F)cccc3[Si](C)(C)C21. The molecule has 0 saturated heterocycles. The monoisotopic (exact) mass is 232 g/mol. The lowest BCUT2D eigenvalue weighted by Gasteiger charge is -2.50. The fourth-order valence-electron chi connectivity index (χ4n) is 3.74. The van der Waals surface area contributed by atoms with Gasteiger partial charge < -0.3 is 0 Å². The van der Waals surface area contributed by atoms with Gasteiger partial charge in [0.05, 0.1) is 8.07 Å². The molecule has 2 aliphatic rings. The number of halogens is 1. The van der Waals surface area contributed by atoms with Crippen molar-refractivity contribution >= 4 is 19.3 Å². The predicted molar refractivity (Wildman–Crippen MR) is 69.0 cm³/mol. The molecule has 0 nitrogen and oxygen atoms in total. The van der Waals surface area contributed by atoms with E-state index in [0.29, 0.717) is 0 Å². The van der Waals surface area contributed by atoms with Crippen molar-refractivity contribution in [3.05, 3.63) is 35.2 Å². The van der Waals surface area contributed by atoms with Gasteiger partial charge in [-0.3, -0.25) is 0 Å². The molecule has 1 fully saturated rings. The van der Waals surface area contributed by atoms with Crippen LogP contribution in [-0.2, 0) is 0 Å². The van der Waals surface area contributed by atoms with Gasteiger partial charge in [0, 0.05) is 5.56 Å². The molecule has 2 heteroatoms. The summed E-state index contributed by atoms with van der Waals surface area (Å²) in [6.07, 6.45) is 3.29. The van der Waals surface area contributed by atoms with Gasteiger partial charge in [-0.05, 0) is 29.1 Å². The summed E-state index contributed by atoms with van der Waals surface area (Å²) in [4.78, 5) is 0. The topological polar surface area (TPSA) is 0 Å². The van der Waals surface area contributed by atoms with Crippen LogP contribution in [0.15, 0.2) is 23.8 Å². The van der Waals surface area contributed by atoms with E-state index in [1.807, 2.05) is 6.07 Å². The third-order valence-electron chi connectivity index (χ3n) is 4.38. The summed E-state index contributed by atoms with van der Waals surface area (Å²) < 4.78 is 13.8. The summed E-state index contributed by atoms with van der Waals surface area (Å²) in [5, 5.41) is 1.31. The average molecular weight is 232 g/mol. The second kappa shape index (κ2) is 3.07. The van der Waals surface area contributed by atoms with Crippen molar-refractivity contribution in [3.8, 4) is 0 Å². The van der Waals surface area contributed by atoms with Crippen LogP contribution in [0.1, 0.15) is 18.9 Å². The third kappa shape index (κ3) is 1.14. The maximum Gasteiger partial charge on any atom is 0.130 e. The lowest BCUT2D eigenvalue weighted by atomic mass is 9.79. The van der Waals surface area contributed by atoms with E-state index in [4.69, 9.17) is 0 Å². The van der Waals surface area contributed by atoms with Crippen LogP contribution in [0.25, 0.3) is 6.08 Å². The molecule has 84 valence electrons. The molecule has 0 N–H and O–H groups in total. The highest BCUT2D eigenvalue weighted by Crippen LogP contribution is 2.53. The Hall–Kier alpha value is -0.893. The Balaban J connectivity index is 2.24. The molecule has 2 atom stereocenters. The first-order chi connectivity index (χ1) is 7.51. The number of hydrogen-bond donors (Lipinski definition) is 0. The van der Waals surface area contributed by atoms with Gasteiger partial charge >= 0.3 is 0 Å². The van der Waals surface area contributed by atoms with Gasteiger partial charge in [-0.2, -0.15) is 0 Å². The van der Waals surface area contributed by atoms with Crippen molar-refractivity contribution in [2.45, 2.75) is 32.0 Å². The van der Waals surface area contributed by atoms with E-state index in [1.54, 1.807) is 6.07 Å². The molecule has 0 radical (unpaired) electrons. The zero-order valence-corrected chi connectivity index (χ0v) is 11.0. The molecule has 1 heterocycles. The first-order valence-electron chi connectivity index (χ1n) is 6.01. The van der Waals surface area contributed by atoms with E-state index in [2.05, 4.69) is 32.2 Å². The van der Waals surface area contributed by atoms with Crippen molar-refractivity contribution < 1.29 is 4.39 Å². The molecule has 0 aromatic heterocycles. The van der Waals surface area contributed by atoms with Crippen molar-refractivity contribution in [2.75, 3.05) is 0 Å². The highest BCUT2D eigenvalue weighted by molar-refractivity contribution is 6.92. The summed E-state index contributed by atoms with van der Waals surface area (Å²) in [6.45, 7) is 7.11. The molecule has 3 rings (SSSR count). The van der Waals surface area contributed by atoms with Crippen molar-refractivity contribution in [3.63, 3.8) is 0 Å². The molecule has 1 saturated carbocycles. The average Bonchev–Trinajstić information content (AvgIpc) is 2.17. The molecule has 0 bridgehead atoms.